The summed E-state index contributed by atoms with van der Waals surface area (Å²) in [6.07, 6.45) is 1.99. The van der Waals surface area contributed by atoms with Crippen molar-refractivity contribution < 1.29 is 19.4 Å². The first kappa shape index (κ1) is 12.3. The molecule has 0 saturated carbocycles. The molecule has 2 aliphatic heterocycles. The number of esters is 1. The summed E-state index contributed by atoms with van der Waals surface area (Å²) in [5.41, 5.74) is 1.64. The Kier molecular flexibility index (Phi) is 2.52. The number of phenols is 1. The van der Waals surface area contributed by atoms with Gasteiger partial charge in [-0.1, -0.05) is 0 Å². The second-order valence-corrected chi connectivity index (χ2v) is 6.02. The summed E-state index contributed by atoms with van der Waals surface area (Å²) < 4.78 is 11.1. The molecule has 1 aromatic rings. The highest BCUT2D eigenvalue weighted by Crippen LogP contribution is 2.43. The van der Waals surface area contributed by atoms with Crippen molar-refractivity contribution in [3.63, 3.8) is 0 Å². The second-order valence-electron chi connectivity index (χ2n) is 6.02. The molecular formula is C15H18O4. The fourth-order valence-corrected chi connectivity index (χ4v) is 2.83. The molecule has 0 saturated heterocycles. The molecule has 0 aliphatic carbocycles. The summed E-state index contributed by atoms with van der Waals surface area (Å²) in [5.74, 6) is 0.313. The van der Waals surface area contributed by atoms with Crippen molar-refractivity contribution in [1.82, 2.24) is 0 Å². The molecule has 2 aliphatic rings. The number of rotatable bonds is 0. The molecule has 3 rings (SSSR count). The van der Waals surface area contributed by atoms with Crippen LogP contribution in [0.2, 0.25) is 0 Å². The van der Waals surface area contributed by atoms with Crippen molar-refractivity contribution in [3.05, 3.63) is 22.8 Å². The maximum atomic E-state index is 11.9. The van der Waals surface area contributed by atoms with Gasteiger partial charge in [-0.15, -0.1) is 0 Å². The minimum atomic E-state index is -0.432. The third-order valence-corrected chi connectivity index (χ3v) is 3.83. The maximum absolute atomic E-state index is 11.9. The minimum Gasteiger partial charge on any atom is -0.507 e. The lowest BCUT2D eigenvalue weighted by molar-refractivity contribution is 0.0294. The summed E-state index contributed by atoms with van der Waals surface area (Å²) >= 11 is 0. The van der Waals surface area contributed by atoms with Gasteiger partial charge in [-0.2, -0.15) is 0 Å². The van der Waals surface area contributed by atoms with Crippen LogP contribution in [0.4, 0.5) is 0 Å². The zero-order valence-electron chi connectivity index (χ0n) is 11.4. The van der Waals surface area contributed by atoms with Gasteiger partial charge in [0.25, 0.3) is 0 Å². The Bertz CT molecular complexity index is 560. The number of carbonyl (C=O) groups is 1. The molecule has 1 unspecified atom stereocenters. The van der Waals surface area contributed by atoms with Crippen LogP contribution in [0.1, 0.15) is 48.7 Å². The van der Waals surface area contributed by atoms with Gasteiger partial charge in [-0.05, 0) is 45.2 Å². The van der Waals surface area contributed by atoms with Crippen LogP contribution < -0.4 is 4.74 Å². The standard InChI is InChI=1S/C15H18O4/c1-8-6-9-7-11-10(4-5-15(2,3)19-11)13(16)12(9)14(17)18-8/h7-8,16H,4-6H2,1-3H3. The predicted molar refractivity (Wildman–Crippen MR) is 69.7 cm³/mol. The smallest absolute Gasteiger partial charge is 0.342 e. The molecule has 0 fully saturated rings. The van der Waals surface area contributed by atoms with Crippen molar-refractivity contribution in [3.8, 4) is 11.5 Å². The van der Waals surface area contributed by atoms with Crippen LogP contribution >= 0.6 is 0 Å². The number of aromatic hydroxyl groups is 1. The average molecular weight is 262 g/mol. The molecule has 0 aromatic heterocycles. The average Bonchev–Trinajstić information content (AvgIpc) is 2.25. The van der Waals surface area contributed by atoms with Crippen molar-refractivity contribution in [2.45, 2.75) is 51.7 Å². The fraction of sp³-hybridized carbons (Fsp3) is 0.533. The van der Waals surface area contributed by atoms with E-state index in [0.29, 0.717) is 24.2 Å². The molecular weight excluding hydrogens is 244 g/mol. The van der Waals surface area contributed by atoms with E-state index in [-0.39, 0.29) is 17.5 Å². The minimum absolute atomic E-state index is 0.0416. The number of carbonyl (C=O) groups excluding carboxylic acids is 1. The van der Waals surface area contributed by atoms with Gasteiger partial charge >= 0.3 is 5.97 Å². The van der Waals surface area contributed by atoms with E-state index in [1.54, 1.807) is 0 Å². The molecule has 4 heteroatoms. The summed E-state index contributed by atoms with van der Waals surface area (Å²) in [7, 11) is 0. The Hall–Kier alpha value is -1.71. The highest BCUT2D eigenvalue weighted by Gasteiger charge is 2.34. The van der Waals surface area contributed by atoms with Gasteiger partial charge in [0.2, 0.25) is 0 Å². The summed E-state index contributed by atoms with van der Waals surface area (Å²) in [6.45, 7) is 5.91. The van der Waals surface area contributed by atoms with Crippen LogP contribution in [0.15, 0.2) is 6.07 Å². The van der Waals surface area contributed by atoms with Crippen LogP contribution in [0.5, 0.6) is 11.5 Å². The predicted octanol–water partition coefficient (Wildman–Crippen LogP) is 2.60. The van der Waals surface area contributed by atoms with Crippen molar-refractivity contribution in [1.29, 1.82) is 0 Å². The third kappa shape index (κ3) is 1.95. The summed E-state index contributed by atoms with van der Waals surface area (Å²) in [5, 5.41) is 10.3. The van der Waals surface area contributed by atoms with Gasteiger partial charge in [-0.25, -0.2) is 4.79 Å². The summed E-state index contributed by atoms with van der Waals surface area (Å²) in [6, 6.07) is 1.89. The maximum Gasteiger partial charge on any atom is 0.342 e. The molecule has 102 valence electrons. The van der Waals surface area contributed by atoms with Crippen LogP contribution in [-0.4, -0.2) is 22.8 Å². The Morgan fingerprint density at radius 2 is 2.16 bits per heavy atom. The first-order valence-electron chi connectivity index (χ1n) is 6.65. The highest BCUT2D eigenvalue weighted by molar-refractivity contribution is 5.96. The Balaban J connectivity index is 2.14. The van der Waals surface area contributed by atoms with Gasteiger partial charge in [-0.3, -0.25) is 0 Å². The largest absolute Gasteiger partial charge is 0.507 e. The van der Waals surface area contributed by atoms with Gasteiger partial charge in [0.05, 0.1) is 0 Å². The van der Waals surface area contributed by atoms with Gasteiger partial charge < -0.3 is 14.6 Å². The van der Waals surface area contributed by atoms with E-state index in [1.807, 2.05) is 26.8 Å². The molecule has 1 atom stereocenters. The van der Waals surface area contributed by atoms with Gasteiger partial charge in [0.1, 0.15) is 28.8 Å². The number of cyclic esters (lactones) is 1. The quantitative estimate of drug-likeness (QED) is 0.730. The molecule has 2 heterocycles. The number of ether oxygens (including phenoxy) is 2. The molecule has 0 radical (unpaired) electrons. The zero-order valence-corrected chi connectivity index (χ0v) is 11.4. The topological polar surface area (TPSA) is 55.8 Å². The third-order valence-electron chi connectivity index (χ3n) is 3.83. The number of phenolic OH excluding ortho intramolecular Hbond substituents is 1. The van der Waals surface area contributed by atoms with Crippen molar-refractivity contribution >= 4 is 5.97 Å². The number of hydrogen-bond donors (Lipinski definition) is 1. The van der Waals surface area contributed by atoms with Crippen LogP contribution in [0.25, 0.3) is 0 Å². The Labute approximate surface area is 112 Å². The SMILES string of the molecule is CC1Cc2cc3c(c(O)c2C(=O)O1)CCC(C)(C)O3. The van der Waals surface area contributed by atoms with Gasteiger partial charge in [0.15, 0.2) is 0 Å². The van der Waals surface area contributed by atoms with Crippen molar-refractivity contribution in [2.75, 3.05) is 0 Å². The first-order valence-corrected chi connectivity index (χ1v) is 6.65. The normalized spacial score (nSPS) is 23.9. The van der Waals surface area contributed by atoms with E-state index in [2.05, 4.69) is 0 Å². The monoisotopic (exact) mass is 262 g/mol. The lowest BCUT2D eigenvalue weighted by Crippen LogP contribution is -2.33. The number of benzene rings is 1. The van der Waals surface area contributed by atoms with Crippen LogP contribution in [0, 0.1) is 0 Å². The number of hydrogen-bond acceptors (Lipinski definition) is 4. The molecule has 4 nitrogen and oxygen atoms in total. The fourth-order valence-electron chi connectivity index (χ4n) is 2.83. The lowest BCUT2D eigenvalue weighted by atomic mass is 9.88. The van der Waals surface area contributed by atoms with E-state index < -0.39 is 5.97 Å². The second kappa shape index (κ2) is 3.89. The molecule has 0 amide bonds. The lowest BCUT2D eigenvalue weighted by Gasteiger charge is -2.34. The highest BCUT2D eigenvalue weighted by atomic mass is 16.5. The first-order chi connectivity index (χ1) is 8.87. The van der Waals surface area contributed by atoms with E-state index in [1.165, 1.54) is 0 Å². The van der Waals surface area contributed by atoms with E-state index >= 15 is 0 Å². The molecule has 19 heavy (non-hydrogen) atoms. The van der Waals surface area contributed by atoms with Crippen molar-refractivity contribution in [2.24, 2.45) is 0 Å². The molecule has 1 aromatic carbocycles. The van der Waals surface area contributed by atoms with Gasteiger partial charge in [0, 0.05) is 12.0 Å². The molecule has 0 spiro atoms. The van der Waals surface area contributed by atoms with E-state index in [4.69, 9.17) is 9.47 Å². The van der Waals surface area contributed by atoms with Crippen LogP contribution in [0.3, 0.4) is 0 Å². The van der Waals surface area contributed by atoms with E-state index in [0.717, 1.165) is 17.5 Å². The summed E-state index contributed by atoms with van der Waals surface area (Å²) in [4.78, 5) is 11.9. The zero-order chi connectivity index (χ0) is 13.8. The molecule has 0 bridgehead atoms. The van der Waals surface area contributed by atoms with E-state index in [9.17, 15) is 9.90 Å². The Morgan fingerprint density at radius 3 is 2.89 bits per heavy atom. The molecule has 1 N–H and O–H groups in total. The van der Waals surface area contributed by atoms with Crippen LogP contribution in [-0.2, 0) is 17.6 Å². The Morgan fingerprint density at radius 1 is 1.42 bits per heavy atom. The number of fused-ring (bicyclic) bond motifs is 2.